The highest BCUT2D eigenvalue weighted by Crippen LogP contribution is 2.33. The first-order valence-corrected chi connectivity index (χ1v) is 7.19. The number of aromatic hydroxyl groups is 1. The molecule has 1 aliphatic heterocycles. The molecule has 3 nitrogen and oxygen atoms in total. The van der Waals surface area contributed by atoms with Crippen LogP contribution in [0.2, 0.25) is 0 Å². The molecule has 0 aliphatic carbocycles. The van der Waals surface area contributed by atoms with Crippen LogP contribution in [0.15, 0.2) is 24.3 Å². The molecule has 1 aliphatic rings. The van der Waals surface area contributed by atoms with E-state index in [1.54, 1.807) is 6.07 Å². The van der Waals surface area contributed by atoms with Crippen molar-refractivity contribution in [1.29, 1.82) is 0 Å². The molecule has 1 N–H and O–H groups in total. The van der Waals surface area contributed by atoms with Crippen molar-refractivity contribution in [3.63, 3.8) is 0 Å². The van der Waals surface area contributed by atoms with Gasteiger partial charge in [0.1, 0.15) is 5.75 Å². The predicted molar refractivity (Wildman–Crippen MR) is 79.4 cm³/mol. The number of piperazine rings is 1. The summed E-state index contributed by atoms with van der Waals surface area (Å²) in [6.45, 7) is 9.95. The third kappa shape index (κ3) is 2.93. The van der Waals surface area contributed by atoms with Crippen LogP contribution in [0.5, 0.6) is 5.75 Å². The number of rotatable bonds is 3. The second-order valence-electron chi connectivity index (χ2n) is 6.19. The molecule has 1 heterocycles. The first kappa shape index (κ1) is 14.4. The van der Waals surface area contributed by atoms with Crippen molar-refractivity contribution in [1.82, 2.24) is 9.80 Å². The Morgan fingerprint density at radius 1 is 1.26 bits per heavy atom. The Morgan fingerprint density at radius 3 is 2.53 bits per heavy atom. The smallest absolute Gasteiger partial charge is 0.120 e. The van der Waals surface area contributed by atoms with E-state index in [0.717, 1.165) is 31.6 Å². The van der Waals surface area contributed by atoms with Crippen LogP contribution in [-0.4, -0.2) is 47.1 Å². The number of nitrogens with zero attached hydrogens (tertiary/aromatic N) is 2. The van der Waals surface area contributed by atoms with Gasteiger partial charge in [-0.25, -0.2) is 0 Å². The molecule has 1 aromatic carbocycles. The number of hydrogen-bond acceptors (Lipinski definition) is 3. The van der Waals surface area contributed by atoms with Gasteiger partial charge in [0.25, 0.3) is 0 Å². The Morgan fingerprint density at radius 2 is 1.95 bits per heavy atom. The minimum absolute atomic E-state index is 0.191. The average Bonchev–Trinajstić information content (AvgIpc) is 2.36. The van der Waals surface area contributed by atoms with Gasteiger partial charge in [-0.3, -0.25) is 9.80 Å². The lowest BCUT2D eigenvalue weighted by Crippen LogP contribution is -2.58. The molecule has 0 spiro atoms. The number of benzene rings is 1. The van der Waals surface area contributed by atoms with Crippen LogP contribution in [-0.2, 0) is 0 Å². The summed E-state index contributed by atoms with van der Waals surface area (Å²) in [6.07, 6.45) is 1.03. The summed E-state index contributed by atoms with van der Waals surface area (Å²) in [7, 11) is 2.19. The van der Waals surface area contributed by atoms with E-state index in [4.69, 9.17) is 0 Å². The maximum absolute atomic E-state index is 10.1. The second-order valence-corrected chi connectivity index (χ2v) is 6.19. The van der Waals surface area contributed by atoms with Gasteiger partial charge >= 0.3 is 0 Å². The first-order chi connectivity index (χ1) is 8.95. The molecular formula is C16H26N2O. The van der Waals surface area contributed by atoms with Gasteiger partial charge in [-0.15, -0.1) is 0 Å². The monoisotopic (exact) mass is 262 g/mol. The number of phenols is 1. The highest BCUT2D eigenvalue weighted by molar-refractivity contribution is 5.34. The van der Waals surface area contributed by atoms with E-state index in [-0.39, 0.29) is 5.54 Å². The van der Waals surface area contributed by atoms with Crippen LogP contribution in [0.1, 0.15) is 38.8 Å². The minimum atomic E-state index is 0.191. The van der Waals surface area contributed by atoms with Crippen LogP contribution in [0.25, 0.3) is 0 Å². The van der Waals surface area contributed by atoms with Crippen molar-refractivity contribution >= 4 is 0 Å². The maximum atomic E-state index is 10.1. The minimum Gasteiger partial charge on any atom is -0.508 e. The van der Waals surface area contributed by atoms with Gasteiger partial charge in [0.05, 0.1) is 0 Å². The normalized spacial score (nSPS) is 22.3. The lowest BCUT2D eigenvalue weighted by molar-refractivity contribution is 0.0146. The van der Waals surface area contributed by atoms with E-state index in [2.05, 4.69) is 43.7 Å². The fourth-order valence-corrected chi connectivity index (χ4v) is 2.99. The van der Waals surface area contributed by atoms with Crippen molar-refractivity contribution in [3.8, 4) is 5.75 Å². The van der Waals surface area contributed by atoms with E-state index in [1.807, 2.05) is 12.1 Å². The SMILES string of the molecule is CCC(c1ccccc1O)N1CCN(C)C(C)(C)C1. The Balaban J connectivity index is 2.22. The van der Waals surface area contributed by atoms with Crippen LogP contribution >= 0.6 is 0 Å². The maximum Gasteiger partial charge on any atom is 0.120 e. The number of phenolic OH excluding ortho intramolecular Hbond substituents is 1. The molecule has 1 aromatic rings. The molecule has 1 fully saturated rings. The zero-order valence-electron chi connectivity index (χ0n) is 12.6. The van der Waals surface area contributed by atoms with E-state index >= 15 is 0 Å². The predicted octanol–water partition coefficient (Wildman–Crippen LogP) is 2.87. The fraction of sp³-hybridized carbons (Fsp3) is 0.625. The quantitative estimate of drug-likeness (QED) is 0.907. The molecule has 1 unspecified atom stereocenters. The second kappa shape index (κ2) is 5.51. The van der Waals surface area contributed by atoms with E-state index in [9.17, 15) is 5.11 Å². The number of hydrogen-bond donors (Lipinski definition) is 1. The molecule has 0 bridgehead atoms. The fourth-order valence-electron chi connectivity index (χ4n) is 2.99. The molecule has 1 saturated heterocycles. The number of likely N-dealkylation sites (N-methyl/N-ethyl adjacent to an activating group) is 1. The van der Waals surface area contributed by atoms with E-state index in [0.29, 0.717) is 11.8 Å². The van der Waals surface area contributed by atoms with Gasteiger partial charge in [-0.05, 0) is 33.4 Å². The van der Waals surface area contributed by atoms with E-state index < -0.39 is 0 Å². The summed E-state index contributed by atoms with van der Waals surface area (Å²) >= 11 is 0. The molecule has 0 aromatic heterocycles. The first-order valence-electron chi connectivity index (χ1n) is 7.19. The highest BCUT2D eigenvalue weighted by Gasteiger charge is 2.34. The largest absolute Gasteiger partial charge is 0.508 e. The van der Waals surface area contributed by atoms with Gasteiger partial charge in [0, 0.05) is 36.8 Å². The zero-order valence-corrected chi connectivity index (χ0v) is 12.6. The van der Waals surface area contributed by atoms with Gasteiger partial charge < -0.3 is 5.11 Å². The standard InChI is InChI=1S/C16H26N2O/c1-5-14(13-8-6-7-9-15(13)19)18-11-10-17(4)16(2,3)12-18/h6-9,14,19H,5,10-12H2,1-4H3. The van der Waals surface area contributed by atoms with Crippen LogP contribution in [0.4, 0.5) is 0 Å². The third-order valence-electron chi connectivity index (χ3n) is 4.47. The van der Waals surface area contributed by atoms with Gasteiger partial charge in [-0.2, -0.15) is 0 Å². The molecule has 0 radical (unpaired) electrons. The average molecular weight is 262 g/mol. The molecule has 0 saturated carbocycles. The van der Waals surface area contributed by atoms with Crippen molar-refractivity contribution in [2.24, 2.45) is 0 Å². The Labute approximate surface area is 116 Å². The van der Waals surface area contributed by atoms with Crippen LogP contribution in [0.3, 0.4) is 0 Å². The Bertz CT molecular complexity index is 431. The van der Waals surface area contributed by atoms with Crippen LogP contribution < -0.4 is 0 Å². The highest BCUT2D eigenvalue weighted by atomic mass is 16.3. The summed E-state index contributed by atoms with van der Waals surface area (Å²) in [4.78, 5) is 4.93. The van der Waals surface area contributed by atoms with Crippen molar-refractivity contribution in [3.05, 3.63) is 29.8 Å². The summed E-state index contributed by atoms with van der Waals surface area (Å²) in [5.41, 5.74) is 1.25. The van der Waals surface area contributed by atoms with Gasteiger partial charge in [0.15, 0.2) is 0 Å². The Hall–Kier alpha value is -1.06. The molecule has 3 heteroatoms. The van der Waals surface area contributed by atoms with Crippen molar-refractivity contribution < 1.29 is 5.11 Å². The molecule has 106 valence electrons. The molecule has 1 atom stereocenters. The lowest BCUT2D eigenvalue weighted by Gasteiger charge is -2.48. The van der Waals surface area contributed by atoms with E-state index in [1.165, 1.54) is 0 Å². The number of para-hydroxylation sites is 1. The topological polar surface area (TPSA) is 26.7 Å². The summed E-state index contributed by atoms with van der Waals surface area (Å²) in [5.74, 6) is 0.422. The lowest BCUT2D eigenvalue weighted by atomic mass is 9.94. The zero-order chi connectivity index (χ0) is 14.0. The third-order valence-corrected chi connectivity index (χ3v) is 4.47. The van der Waals surface area contributed by atoms with Crippen LogP contribution in [0, 0.1) is 0 Å². The summed E-state index contributed by atoms with van der Waals surface area (Å²) in [6, 6.07) is 8.06. The molecular weight excluding hydrogens is 236 g/mol. The molecule has 0 amide bonds. The molecule has 19 heavy (non-hydrogen) atoms. The molecule has 2 rings (SSSR count). The van der Waals surface area contributed by atoms with Gasteiger partial charge in [0.2, 0.25) is 0 Å². The van der Waals surface area contributed by atoms with Gasteiger partial charge in [-0.1, -0.05) is 25.1 Å². The van der Waals surface area contributed by atoms with Crippen molar-refractivity contribution in [2.45, 2.75) is 38.8 Å². The van der Waals surface area contributed by atoms with Crippen molar-refractivity contribution in [2.75, 3.05) is 26.7 Å². The summed E-state index contributed by atoms with van der Waals surface area (Å²) in [5, 5.41) is 10.1. The summed E-state index contributed by atoms with van der Waals surface area (Å²) < 4.78 is 0. The Kier molecular flexibility index (Phi) is 4.16.